The van der Waals surface area contributed by atoms with Crippen LogP contribution >= 0.6 is 0 Å². The molecule has 0 amide bonds. The number of carboxylic acid groups (broad SMARTS) is 1. The fourth-order valence-electron chi connectivity index (χ4n) is 1.41. The largest absolute Gasteiger partial charge is 0.478 e. The lowest BCUT2D eigenvalue weighted by Gasteiger charge is -1.92. The van der Waals surface area contributed by atoms with Gasteiger partial charge in [0.05, 0.1) is 0 Å². The molecule has 0 aliphatic rings. The molecule has 2 rings (SSSR count). The van der Waals surface area contributed by atoms with Crippen molar-refractivity contribution in [2.24, 2.45) is 0 Å². The van der Waals surface area contributed by atoms with Crippen molar-refractivity contribution in [1.29, 1.82) is 0 Å². The molecule has 0 fully saturated rings. The highest BCUT2D eigenvalue weighted by atomic mass is 16.4. The lowest BCUT2D eigenvalue weighted by molar-refractivity contribution is -0.131. The van der Waals surface area contributed by atoms with Crippen molar-refractivity contribution in [2.45, 2.75) is 6.92 Å². The maximum Gasteiger partial charge on any atom is 0.328 e. The summed E-state index contributed by atoms with van der Waals surface area (Å²) in [5.74, 6) is -1.29. The van der Waals surface area contributed by atoms with E-state index in [1.165, 1.54) is 13.0 Å². The molecule has 1 N–H and O–H groups in total. The molecule has 86 valence electrons. The molecule has 0 radical (unpaired) electrons. The molecule has 0 saturated heterocycles. The maximum atomic E-state index is 11.1. The zero-order valence-corrected chi connectivity index (χ0v) is 9.01. The fourth-order valence-corrected chi connectivity index (χ4v) is 1.41. The molecule has 17 heavy (non-hydrogen) atoms. The lowest BCUT2D eigenvalue weighted by Crippen LogP contribution is -1.89. The first-order valence-corrected chi connectivity index (χ1v) is 4.89. The smallest absolute Gasteiger partial charge is 0.328 e. The Morgan fingerprint density at radius 2 is 2.18 bits per heavy atom. The summed E-state index contributed by atoms with van der Waals surface area (Å²) in [5.41, 5.74) is 1.52. The first-order chi connectivity index (χ1) is 8.08. The maximum absolute atomic E-state index is 11.1. The van der Waals surface area contributed by atoms with E-state index >= 15 is 0 Å². The summed E-state index contributed by atoms with van der Waals surface area (Å²) in [5, 5.41) is 8.55. The predicted octanol–water partition coefficient (Wildman–Crippen LogP) is 2.13. The van der Waals surface area contributed by atoms with Gasteiger partial charge in [0.2, 0.25) is 5.78 Å². The quantitative estimate of drug-likeness (QED) is 0.646. The number of aromatic nitrogens is 1. The Morgan fingerprint density at radius 3 is 2.82 bits per heavy atom. The van der Waals surface area contributed by atoms with Crippen LogP contribution in [0.5, 0.6) is 0 Å². The van der Waals surface area contributed by atoms with Crippen LogP contribution in [0.15, 0.2) is 28.7 Å². The summed E-state index contributed by atoms with van der Waals surface area (Å²) in [6.45, 7) is 1.36. The van der Waals surface area contributed by atoms with E-state index in [-0.39, 0.29) is 11.7 Å². The number of carboxylic acids is 1. The van der Waals surface area contributed by atoms with E-state index in [9.17, 15) is 9.59 Å². The average Bonchev–Trinajstić information content (AvgIpc) is 2.70. The molecule has 2 aromatic rings. The van der Waals surface area contributed by atoms with Crippen LogP contribution in [0, 0.1) is 0 Å². The van der Waals surface area contributed by atoms with Gasteiger partial charge < -0.3 is 9.52 Å². The number of nitrogens with zero attached hydrogens (tertiary/aromatic N) is 1. The minimum Gasteiger partial charge on any atom is -0.478 e. The van der Waals surface area contributed by atoms with Crippen LogP contribution in [-0.2, 0) is 4.79 Å². The molecule has 5 heteroatoms. The van der Waals surface area contributed by atoms with Gasteiger partial charge in [0.25, 0.3) is 5.89 Å². The number of benzene rings is 1. The predicted molar refractivity (Wildman–Crippen MR) is 60.7 cm³/mol. The number of ketones is 1. The summed E-state index contributed by atoms with van der Waals surface area (Å²) in [6, 6.07) is 5.11. The number of aliphatic carboxylic acids is 1. The average molecular weight is 231 g/mol. The minimum absolute atomic E-state index is 0.0242. The van der Waals surface area contributed by atoms with Crippen molar-refractivity contribution < 1.29 is 19.1 Å². The molecule has 1 aromatic carbocycles. The van der Waals surface area contributed by atoms with E-state index in [2.05, 4.69) is 4.98 Å². The Kier molecular flexibility index (Phi) is 2.74. The Hall–Kier alpha value is -2.43. The monoisotopic (exact) mass is 231 g/mol. The summed E-state index contributed by atoms with van der Waals surface area (Å²) < 4.78 is 5.29. The topological polar surface area (TPSA) is 80.4 Å². The molecule has 0 saturated carbocycles. The molecule has 5 nitrogen and oxygen atoms in total. The van der Waals surface area contributed by atoms with Gasteiger partial charge in [-0.1, -0.05) is 12.1 Å². The second-order valence-corrected chi connectivity index (χ2v) is 3.44. The summed E-state index contributed by atoms with van der Waals surface area (Å²) in [6.07, 6.45) is 2.41. The Balaban J connectivity index is 2.56. The van der Waals surface area contributed by atoms with E-state index in [0.717, 1.165) is 6.08 Å². The van der Waals surface area contributed by atoms with Crippen LogP contribution in [0.3, 0.4) is 0 Å². The number of para-hydroxylation sites is 1. The number of hydrogen-bond donors (Lipinski definition) is 1. The Labute approximate surface area is 96.4 Å². The minimum atomic E-state index is -1.05. The van der Waals surface area contributed by atoms with Crippen molar-refractivity contribution in [3.8, 4) is 0 Å². The van der Waals surface area contributed by atoms with Crippen molar-refractivity contribution >= 4 is 28.9 Å². The van der Waals surface area contributed by atoms with Crippen molar-refractivity contribution in [2.75, 3.05) is 0 Å². The van der Waals surface area contributed by atoms with Gasteiger partial charge in [-0.3, -0.25) is 4.79 Å². The summed E-state index contributed by atoms with van der Waals surface area (Å²) in [4.78, 5) is 25.6. The number of rotatable bonds is 3. The zero-order chi connectivity index (χ0) is 12.4. The van der Waals surface area contributed by atoms with Crippen molar-refractivity contribution in [3.05, 3.63) is 35.7 Å². The molecule has 1 aromatic heterocycles. The van der Waals surface area contributed by atoms with Gasteiger partial charge in [0.15, 0.2) is 5.58 Å². The van der Waals surface area contributed by atoms with Crippen LogP contribution in [0.4, 0.5) is 0 Å². The van der Waals surface area contributed by atoms with Crippen LogP contribution in [0.25, 0.3) is 17.2 Å². The normalized spacial score (nSPS) is 11.1. The zero-order valence-electron chi connectivity index (χ0n) is 9.01. The standard InChI is InChI=1S/C12H9NO4/c1-7(14)12-13-9-4-2-3-8(11(9)17-12)5-6-10(15)16/h2-6H,1H3,(H,15,16)/b6-5+. The van der Waals surface area contributed by atoms with Gasteiger partial charge in [0, 0.05) is 18.6 Å². The SMILES string of the molecule is CC(=O)c1nc2cccc(/C=C/C(=O)O)c2o1. The number of carbonyl (C=O) groups excluding carboxylic acids is 1. The van der Waals surface area contributed by atoms with E-state index < -0.39 is 5.97 Å². The molecule has 0 spiro atoms. The van der Waals surface area contributed by atoms with Crippen molar-refractivity contribution in [1.82, 2.24) is 4.98 Å². The lowest BCUT2D eigenvalue weighted by atomic mass is 10.2. The molecule has 0 aliphatic heterocycles. The van der Waals surface area contributed by atoms with E-state index in [1.54, 1.807) is 18.2 Å². The van der Waals surface area contributed by atoms with Gasteiger partial charge in [-0.15, -0.1) is 0 Å². The second-order valence-electron chi connectivity index (χ2n) is 3.44. The molecule has 0 aliphatic carbocycles. The fraction of sp³-hybridized carbons (Fsp3) is 0.0833. The molecule has 0 unspecified atom stereocenters. The van der Waals surface area contributed by atoms with Gasteiger partial charge >= 0.3 is 5.97 Å². The van der Waals surface area contributed by atoms with Crippen LogP contribution in [0.2, 0.25) is 0 Å². The summed E-state index contributed by atoms with van der Waals surface area (Å²) >= 11 is 0. The first kappa shape index (κ1) is 11.1. The van der Waals surface area contributed by atoms with Gasteiger partial charge in [-0.2, -0.15) is 0 Å². The van der Waals surface area contributed by atoms with Gasteiger partial charge in [0.1, 0.15) is 5.52 Å². The number of oxazole rings is 1. The number of Topliss-reactive ketones (excluding diaryl/α,β-unsaturated/α-hetero) is 1. The number of carbonyl (C=O) groups is 2. The first-order valence-electron chi connectivity index (χ1n) is 4.89. The highest BCUT2D eigenvalue weighted by Gasteiger charge is 2.11. The van der Waals surface area contributed by atoms with E-state index in [0.29, 0.717) is 16.7 Å². The van der Waals surface area contributed by atoms with Gasteiger partial charge in [-0.25, -0.2) is 9.78 Å². The molecular formula is C12H9NO4. The molecule has 1 heterocycles. The molecular weight excluding hydrogens is 222 g/mol. The Bertz CT molecular complexity index is 624. The number of hydrogen-bond acceptors (Lipinski definition) is 4. The van der Waals surface area contributed by atoms with Gasteiger partial charge in [-0.05, 0) is 12.1 Å². The third-order valence-corrected chi connectivity index (χ3v) is 2.15. The highest BCUT2D eigenvalue weighted by Crippen LogP contribution is 2.21. The van der Waals surface area contributed by atoms with E-state index in [1.807, 2.05) is 0 Å². The third-order valence-electron chi connectivity index (χ3n) is 2.15. The summed E-state index contributed by atoms with van der Waals surface area (Å²) in [7, 11) is 0. The van der Waals surface area contributed by atoms with Crippen molar-refractivity contribution in [3.63, 3.8) is 0 Å². The number of fused-ring (bicyclic) bond motifs is 1. The van der Waals surface area contributed by atoms with E-state index in [4.69, 9.17) is 9.52 Å². The Morgan fingerprint density at radius 1 is 1.41 bits per heavy atom. The van der Waals surface area contributed by atoms with Crippen LogP contribution in [-0.4, -0.2) is 21.8 Å². The van der Waals surface area contributed by atoms with Crippen LogP contribution in [0.1, 0.15) is 23.2 Å². The molecule has 0 bridgehead atoms. The van der Waals surface area contributed by atoms with Crippen LogP contribution < -0.4 is 0 Å². The molecule has 0 atom stereocenters. The highest BCUT2D eigenvalue weighted by molar-refractivity contribution is 5.95. The third kappa shape index (κ3) is 2.23. The second kappa shape index (κ2) is 4.21.